The minimum Gasteiger partial charge on any atom is -0.453 e. The number of halogens is 1. The van der Waals surface area contributed by atoms with Gasteiger partial charge < -0.3 is 19.4 Å². The maximum absolute atomic E-state index is 6.05. The highest BCUT2D eigenvalue weighted by Crippen LogP contribution is 2.28. The average Bonchev–Trinajstić information content (AvgIpc) is 3.35. The van der Waals surface area contributed by atoms with Gasteiger partial charge in [0.2, 0.25) is 11.8 Å². The van der Waals surface area contributed by atoms with E-state index in [9.17, 15) is 0 Å². The van der Waals surface area contributed by atoms with Crippen LogP contribution in [0.15, 0.2) is 47.0 Å². The molecule has 30 heavy (non-hydrogen) atoms. The van der Waals surface area contributed by atoms with Crippen molar-refractivity contribution in [3.63, 3.8) is 0 Å². The summed E-state index contributed by atoms with van der Waals surface area (Å²) in [5.74, 6) is 2.41. The number of anilines is 2. The first-order chi connectivity index (χ1) is 14.6. The molecule has 0 bridgehead atoms. The molecule has 0 amide bonds. The molecule has 4 heterocycles. The number of hydrogen-bond acceptors (Lipinski definition) is 8. The number of piperidine rings is 1. The lowest BCUT2D eigenvalue weighted by molar-refractivity contribution is 0.458. The van der Waals surface area contributed by atoms with E-state index < -0.39 is 0 Å². The molecule has 0 saturated carbocycles. The van der Waals surface area contributed by atoms with Crippen molar-refractivity contribution in [2.24, 2.45) is 0 Å². The zero-order chi connectivity index (χ0) is 20.5. The topological polar surface area (TPSA) is 93.6 Å². The van der Waals surface area contributed by atoms with Crippen molar-refractivity contribution < 1.29 is 9.15 Å². The number of fused-ring (bicyclic) bond motifs is 1. The second kappa shape index (κ2) is 7.83. The van der Waals surface area contributed by atoms with Crippen molar-refractivity contribution in [1.82, 2.24) is 24.8 Å². The minimum atomic E-state index is 0.264. The number of rotatable bonds is 5. The molecular formula is C20H20ClN7O2. The van der Waals surface area contributed by atoms with E-state index >= 15 is 0 Å². The van der Waals surface area contributed by atoms with Crippen LogP contribution in [0.4, 0.5) is 12.0 Å². The molecule has 0 atom stereocenters. The Labute approximate surface area is 177 Å². The Balaban J connectivity index is 1.28. The molecule has 1 N–H and O–H groups in total. The third-order valence-corrected chi connectivity index (χ3v) is 5.20. The fourth-order valence-electron chi connectivity index (χ4n) is 3.49. The van der Waals surface area contributed by atoms with Gasteiger partial charge in [0.05, 0.1) is 0 Å². The molecule has 0 radical (unpaired) electrons. The molecule has 154 valence electrons. The smallest absolute Gasteiger partial charge is 0.318 e. The highest BCUT2D eigenvalue weighted by molar-refractivity contribution is 6.30. The summed E-state index contributed by atoms with van der Waals surface area (Å²) in [5, 5.41) is 16.6. The van der Waals surface area contributed by atoms with Gasteiger partial charge in [0, 0.05) is 37.3 Å². The van der Waals surface area contributed by atoms with Gasteiger partial charge in [0.1, 0.15) is 5.75 Å². The highest BCUT2D eigenvalue weighted by Gasteiger charge is 2.23. The number of hydrogen-bond donors (Lipinski definition) is 1. The summed E-state index contributed by atoms with van der Waals surface area (Å²) in [5.41, 5.74) is 0.638. The number of benzene rings is 1. The molecule has 1 fully saturated rings. The molecule has 1 aliphatic heterocycles. The van der Waals surface area contributed by atoms with Crippen molar-refractivity contribution >= 4 is 29.2 Å². The molecule has 1 aliphatic rings. The second-order valence-electron chi connectivity index (χ2n) is 7.14. The molecule has 10 heteroatoms. The first-order valence-corrected chi connectivity index (χ1v) is 10.1. The molecule has 3 aromatic heterocycles. The van der Waals surface area contributed by atoms with Gasteiger partial charge in [-0.15, -0.1) is 10.2 Å². The summed E-state index contributed by atoms with van der Waals surface area (Å²) in [4.78, 5) is 6.74. The molecular weight excluding hydrogens is 406 g/mol. The molecule has 5 rings (SSSR count). The third-order valence-electron chi connectivity index (χ3n) is 4.96. The van der Waals surface area contributed by atoms with Gasteiger partial charge in [-0.1, -0.05) is 22.8 Å². The van der Waals surface area contributed by atoms with E-state index in [1.165, 1.54) is 0 Å². The monoisotopic (exact) mass is 425 g/mol. The lowest BCUT2D eigenvalue weighted by atomic mass is 10.1. The maximum Gasteiger partial charge on any atom is 0.318 e. The van der Waals surface area contributed by atoms with Crippen molar-refractivity contribution in [2.75, 3.05) is 23.3 Å². The predicted octanol–water partition coefficient (Wildman–Crippen LogP) is 3.95. The van der Waals surface area contributed by atoms with E-state index in [0.717, 1.165) is 25.9 Å². The zero-order valence-corrected chi connectivity index (χ0v) is 17.1. The minimum absolute atomic E-state index is 0.264. The van der Waals surface area contributed by atoms with Crippen LogP contribution in [0.5, 0.6) is 11.5 Å². The summed E-state index contributed by atoms with van der Waals surface area (Å²) in [7, 11) is 0. The van der Waals surface area contributed by atoms with Crippen LogP contribution >= 0.6 is 11.6 Å². The summed E-state index contributed by atoms with van der Waals surface area (Å²) in [6, 6.07) is 11.8. The first kappa shape index (κ1) is 18.7. The Morgan fingerprint density at radius 3 is 2.80 bits per heavy atom. The van der Waals surface area contributed by atoms with Crippen LogP contribution in [0.2, 0.25) is 5.02 Å². The summed E-state index contributed by atoms with van der Waals surface area (Å²) < 4.78 is 13.2. The van der Waals surface area contributed by atoms with Crippen LogP contribution in [-0.2, 0) is 0 Å². The normalized spacial score (nSPS) is 14.9. The molecule has 1 saturated heterocycles. The standard InChI is InChI=1S/C20H20ClN7O2/c1-13-24-25-20(29-13)27-10-7-15(8-11-27)22-19-23-18-17(6-3-9-28(18)26-19)30-16-5-2-4-14(21)12-16/h2-6,9,12,15H,7-8,10-11H2,1H3,(H,22,26). The number of ether oxygens (including phenoxy) is 1. The molecule has 0 aliphatic carbocycles. The van der Waals surface area contributed by atoms with Gasteiger partial charge in [-0.25, -0.2) is 4.52 Å². The molecule has 0 spiro atoms. The summed E-state index contributed by atoms with van der Waals surface area (Å²) >= 11 is 6.05. The SMILES string of the molecule is Cc1nnc(N2CCC(Nc3nc4c(Oc5cccc(Cl)c5)cccn4n3)CC2)o1. The Bertz CT molecular complexity index is 1170. The van der Waals surface area contributed by atoms with E-state index in [0.29, 0.717) is 40.0 Å². The molecule has 9 nitrogen and oxygen atoms in total. The maximum atomic E-state index is 6.05. The summed E-state index contributed by atoms with van der Waals surface area (Å²) in [6.07, 6.45) is 3.69. The average molecular weight is 426 g/mol. The fourth-order valence-corrected chi connectivity index (χ4v) is 3.67. The van der Waals surface area contributed by atoms with Crippen molar-refractivity contribution in [1.29, 1.82) is 0 Å². The Morgan fingerprint density at radius 2 is 2.03 bits per heavy atom. The number of aromatic nitrogens is 5. The van der Waals surface area contributed by atoms with Gasteiger partial charge in [-0.3, -0.25) is 0 Å². The largest absolute Gasteiger partial charge is 0.453 e. The van der Waals surface area contributed by atoms with Crippen LogP contribution in [0.3, 0.4) is 0 Å². The van der Waals surface area contributed by atoms with Gasteiger partial charge in [-0.2, -0.15) is 4.98 Å². The number of nitrogens with zero attached hydrogens (tertiary/aromatic N) is 6. The predicted molar refractivity (Wildman–Crippen MR) is 112 cm³/mol. The fraction of sp³-hybridized carbons (Fsp3) is 0.300. The van der Waals surface area contributed by atoms with Gasteiger partial charge >= 0.3 is 6.01 Å². The van der Waals surface area contributed by atoms with Crippen molar-refractivity contribution in [2.45, 2.75) is 25.8 Å². The van der Waals surface area contributed by atoms with Crippen LogP contribution in [-0.4, -0.2) is 43.9 Å². The Hall–Kier alpha value is -3.33. The molecule has 4 aromatic rings. The molecule has 1 aromatic carbocycles. The first-order valence-electron chi connectivity index (χ1n) is 9.74. The lowest BCUT2D eigenvalue weighted by Crippen LogP contribution is -2.39. The zero-order valence-electron chi connectivity index (χ0n) is 16.3. The number of nitrogens with one attached hydrogen (secondary N) is 1. The third kappa shape index (κ3) is 3.88. The number of aryl methyl sites for hydroxylation is 1. The lowest BCUT2D eigenvalue weighted by Gasteiger charge is -2.30. The van der Waals surface area contributed by atoms with Crippen LogP contribution in [0, 0.1) is 6.92 Å². The van der Waals surface area contributed by atoms with Gasteiger partial charge in [0.15, 0.2) is 11.4 Å². The van der Waals surface area contributed by atoms with E-state index in [4.69, 9.17) is 20.8 Å². The number of pyridine rings is 1. The quantitative estimate of drug-likeness (QED) is 0.513. The Kier molecular flexibility index (Phi) is 4.88. The van der Waals surface area contributed by atoms with Gasteiger partial charge in [-0.05, 0) is 43.2 Å². The van der Waals surface area contributed by atoms with Crippen LogP contribution in [0.25, 0.3) is 5.65 Å². The second-order valence-corrected chi connectivity index (χ2v) is 7.58. The van der Waals surface area contributed by atoms with Gasteiger partial charge in [0.25, 0.3) is 0 Å². The molecule has 0 unspecified atom stereocenters. The Morgan fingerprint density at radius 1 is 1.17 bits per heavy atom. The van der Waals surface area contributed by atoms with E-state index in [2.05, 4.69) is 30.5 Å². The van der Waals surface area contributed by atoms with E-state index in [-0.39, 0.29) is 6.04 Å². The van der Waals surface area contributed by atoms with Crippen molar-refractivity contribution in [3.8, 4) is 11.5 Å². The van der Waals surface area contributed by atoms with E-state index in [1.54, 1.807) is 23.6 Å². The van der Waals surface area contributed by atoms with E-state index in [1.807, 2.05) is 30.5 Å². The summed E-state index contributed by atoms with van der Waals surface area (Å²) in [6.45, 7) is 3.45. The van der Waals surface area contributed by atoms with Crippen molar-refractivity contribution in [3.05, 3.63) is 53.5 Å². The highest BCUT2D eigenvalue weighted by atomic mass is 35.5. The van der Waals surface area contributed by atoms with Crippen LogP contribution < -0.4 is 15.0 Å². The van der Waals surface area contributed by atoms with Crippen LogP contribution in [0.1, 0.15) is 18.7 Å².